The van der Waals surface area contributed by atoms with Crippen LogP contribution in [-0.2, 0) is 0 Å². The highest BCUT2D eigenvalue weighted by atomic mass is 16.5. The molecular formula is C28H25N7O2. The second kappa shape index (κ2) is 10.4. The average Bonchev–Trinajstić information content (AvgIpc) is 3.33. The summed E-state index contributed by atoms with van der Waals surface area (Å²) in [6.07, 6.45) is 3.37. The van der Waals surface area contributed by atoms with Crippen LogP contribution in [0.4, 0.5) is 11.6 Å². The highest BCUT2D eigenvalue weighted by molar-refractivity contribution is 5.92. The van der Waals surface area contributed by atoms with Crippen LogP contribution in [0.5, 0.6) is 0 Å². The van der Waals surface area contributed by atoms with Crippen molar-refractivity contribution in [2.75, 3.05) is 5.32 Å². The maximum atomic E-state index is 12.8. The largest absolute Gasteiger partial charge is 0.360 e. The summed E-state index contributed by atoms with van der Waals surface area (Å²) in [5.41, 5.74) is 4.59. The molecule has 1 aromatic carbocycles. The van der Waals surface area contributed by atoms with E-state index in [0.717, 1.165) is 22.5 Å². The van der Waals surface area contributed by atoms with Crippen LogP contribution in [0.3, 0.4) is 0 Å². The third kappa shape index (κ3) is 5.67. The Balaban J connectivity index is 1.26. The molecule has 0 aliphatic rings. The molecule has 0 radical (unpaired) electrons. The summed E-state index contributed by atoms with van der Waals surface area (Å²) < 4.78 is 5.09. The molecule has 1 atom stereocenters. The van der Waals surface area contributed by atoms with E-state index in [9.17, 15) is 4.79 Å². The number of rotatable bonds is 7. The first kappa shape index (κ1) is 23.8. The molecule has 1 amide bonds. The van der Waals surface area contributed by atoms with Crippen LogP contribution in [0.2, 0.25) is 0 Å². The molecule has 9 nitrogen and oxygen atoms in total. The predicted molar refractivity (Wildman–Crippen MR) is 140 cm³/mol. The van der Waals surface area contributed by atoms with Crippen LogP contribution < -0.4 is 10.6 Å². The summed E-state index contributed by atoms with van der Waals surface area (Å²) in [6, 6.07) is 20.7. The molecule has 0 saturated heterocycles. The van der Waals surface area contributed by atoms with Crippen LogP contribution in [0.1, 0.15) is 40.5 Å². The van der Waals surface area contributed by atoms with Gasteiger partial charge in [0.15, 0.2) is 11.6 Å². The lowest BCUT2D eigenvalue weighted by Gasteiger charge is -2.14. The fraction of sp³-hybridized carbons (Fsp3) is 0.143. The molecule has 4 aromatic heterocycles. The number of nitrogens with one attached hydrogen (secondary N) is 2. The number of pyridine rings is 2. The van der Waals surface area contributed by atoms with Crippen molar-refractivity contribution in [1.82, 2.24) is 30.4 Å². The van der Waals surface area contributed by atoms with E-state index in [1.54, 1.807) is 30.6 Å². The van der Waals surface area contributed by atoms with Gasteiger partial charge in [0.2, 0.25) is 0 Å². The third-order valence-corrected chi connectivity index (χ3v) is 5.70. The summed E-state index contributed by atoms with van der Waals surface area (Å²) in [4.78, 5) is 30.8. The second-order valence-electron chi connectivity index (χ2n) is 8.64. The lowest BCUT2D eigenvalue weighted by molar-refractivity contribution is 0.0935. The molecule has 2 N–H and O–H groups in total. The monoisotopic (exact) mass is 491 g/mol. The van der Waals surface area contributed by atoms with Crippen molar-refractivity contribution in [1.29, 1.82) is 0 Å². The number of aromatic nitrogens is 5. The Labute approximate surface area is 214 Å². The Kier molecular flexibility index (Phi) is 6.67. The van der Waals surface area contributed by atoms with Crippen molar-refractivity contribution in [2.45, 2.75) is 26.8 Å². The minimum absolute atomic E-state index is 0.236. The number of amides is 1. The van der Waals surface area contributed by atoms with Gasteiger partial charge in [-0.3, -0.25) is 14.8 Å². The van der Waals surface area contributed by atoms with E-state index in [1.165, 1.54) is 0 Å². The molecule has 0 aliphatic heterocycles. The van der Waals surface area contributed by atoms with Gasteiger partial charge in [0, 0.05) is 41.3 Å². The number of nitrogens with zero attached hydrogens (tertiary/aromatic N) is 5. The molecule has 5 rings (SSSR count). The Morgan fingerprint density at radius 1 is 0.865 bits per heavy atom. The van der Waals surface area contributed by atoms with Gasteiger partial charge in [-0.05, 0) is 44.5 Å². The van der Waals surface area contributed by atoms with E-state index in [2.05, 4.69) is 35.7 Å². The second-order valence-corrected chi connectivity index (χ2v) is 8.64. The molecule has 37 heavy (non-hydrogen) atoms. The van der Waals surface area contributed by atoms with Gasteiger partial charge < -0.3 is 15.2 Å². The lowest BCUT2D eigenvalue weighted by atomic mass is 10.1. The van der Waals surface area contributed by atoms with E-state index in [4.69, 9.17) is 4.52 Å². The van der Waals surface area contributed by atoms with Gasteiger partial charge in [-0.2, -0.15) is 0 Å². The zero-order valence-electron chi connectivity index (χ0n) is 20.6. The molecule has 0 fully saturated rings. The van der Waals surface area contributed by atoms with Gasteiger partial charge in [0.05, 0.1) is 11.7 Å². The Hall–Kier alpha value is -4.92. The standard InChI is InChI=1S/C28H25N7O2/c1-17-13-25(33-26-14-18(2)37-35-26)34-27(31-17)22-10-12-24(30-16-22)28(36)32-19(3)21-9-11-23(29-15-21)20-7-5-4-6-8-20/h4-16,19H,1-3H3,(H,32,36)(H,31,33,34,35). The highest BCUT2D eigenvalue weighted by Crippen LogP contribution is 2.22. The highest BCUT2D eigenvalue weighted by Gasteiger charge is 2.15. The zero-order chi connectivity index (χ0) is 25.8. The summed E-state index contributed by atoms with van der Waals surface area (Å²) >= 11 is 0. The smallest absolute Gasteiger partial charge is 0.270 e. The Morgan fingerprint density at radius 2 is 1.70 bits per heavy atom. The zero-order valence-corrected chi connectivity index (χ0v) is 20.6. The molecule has 0 spiro atoms. The van der Waals surface area contributed by atoms with Gasteiger partial charge in [0.25, 0.3) is 5.91 Å². The molecule has 1 unspecified atom stereocenters. The Bertz CT molecular complexity index is 1510. The number of carbonyl (C=O) groups excluding carboxylic acids is 1. The van der Waals surface area contributed by atoms with Crippen molar-refractivity contribution >= 4 is 17.5 Å². The SMILES string of the molecule is Cc1cc(Nc2cc(C)on2)nc(-c2ccc(C(=O)NC(C)c3ccc(-c4ccccc4)nc3)nc2)n1. The van der Waals surface area contributed by atoms with Crippen LogP contribution in [0.25, 0.3) is 22.6 Å². The van der Waals surface area contributed by atoms with Gasteiger partial charge in [-0.1, -0.05) is 41.6 Å². The number of anilines is 2. The number of carbonyl (C=O) groups is 1. The normalized spacial score (nSPS) is 11.6. The molecule has 0 saturated carbocycles. The van der Waals surface area contributed by atoms with Crippen LogP contribution in [0, 0.1) is 13.8 Å². The number of benzene rings is 1. The molecule has 9 heteroatoms. The summed E-state index contributed by atoms with van der Waals surface area (Å²) in [6.45, 7) is 5.61. The minimum Gasteiger partial charge on any atom is -0.360 e. The van der Waals surface area contributed by atoms with Gasteiger partial charge in [-0.15, -0.1) is 0 Å². The molecule has 5 aromatic rings. The molecule has 0 aliphatic carbocycles. The predicted octanol–water partition coefficient (Wildman–Crippen LogP) is 5.44. The maximum absolute atomic E-state index is 12.8. The number of hydrogen-bond donors (Lipinski definition) is 2. The third-order valence-electron chi connectivity index (χ3n) is 5.70. The summed E-state index contributed by atoms with van der Waals surface area (Å²) in [5.74, 6) is 2.05. The summed E-state index contributed by atoms with van der Waals surface area (Å²) in [7, 11) is 0. The van der Waals surface area contributed by atoms with Gasteiger partial charge in [-0.25, -0.2) is 9.97 Å². The van der Waals surface area contributed by atoms with E-state index < -0.39 is 0 Å². The van der Waals surface area contributed by atoms with Crippen molar-refractivity contribution in [3.63, 3.8) is 0 Å². The number of aryl methyl sites for hydroxylation is 2. The van der Waals surface area contributed by atoms with Crippen molar-refractivity contribution < 1.29 is 9.32 Å². The average molecular weight is 492 g/mol. The van der Waals surface area contributed by atoms with E-state index in [0.29, 0.717) is 34.5 Å². The van der Waals surface area contributed by atoms with Gasteiger partial charge in [0.1, 0.15) is 17.3 Å². The lowest BCUT2D eigenvalue weighted by Crippen LogP contribution is -2.27. The molecular weight excluding hydrogens is 466 g/mol. The first-order chi connectivity index (χ1) is 17.9. The van der Waals surface area contributed by atoms with Crippen LogP contribution >= 0.6 is 0 Å². The number of hydrogen-bond acceptors (Lipinski definition) is 8. The summed E-state index contributed by atoms with van der Waals surface area (Å²) in [5, 5.41) is 10.0. The molecule has 4 heterocycles. The van der Waals surface area contributed by atoms with Crippen molar-refractivity contribution in [3.05, 3.63) is 102 Å². The maximum Gasteiger partial charge on any atom is 0.270 e. The van der Waals surface area contributed by atoms with E-state index in [-0.39, 0.29) is 11.9 Å². The fourth-order valence-electron chi connectivity index (χ4n) is 3.77. The van der Waals surface area contributed by atoms with E-state index in [1.807, 2.05) is 69.3 Å². The molecule has 184 valence electrons. The first-order valence-corrected chi connectivity index (χ1v) is 11.8. The van der Waals surface area contributed by atoms with Crippen LogP contribution in [-0.4, -0.2) is 31.0 Å². The molecule has 0 bridgehead atoms. The topological polar surface area (TPSA) is 119 Å². The van der Waals surface area contributed by atoms with Crippen LogP contribution in [0.15, 0.2) is 83.6 Å². The van der Waals surface area contributed by atoms with Gasteiger partial charge >= 0.3 is 0 Å². The van der Waals surface area contributed by atoms with Crippen molar-refractivity contribution in [2.24, 2.45) is 0 Å². The van der Waals surface area contributed by atoms with E-state index >= 15 is 0 Å². The van der Waals surface area contributed by atoms with Crippen molar-refractivity contribution in [3.8, 4) is 22.6 Å². The Morgan fingerprint density at radius 3 is 2.38 bits per heavy atom. The fourth-order valence-corrected chi connectivity index (χ4v) is 3.77. The minimum atomic E-state index is -0.278. The first-order valence-electron chi connectivity index (χ1n) is 11.8. The quantitative estimate of drug-likeness (QED) is 0.309.